The van der Waals surface area contributed by atoms with Crippen molar-refractivity contribution in [3.05, 3.63) is 28.8 Å². The normalized spacial score (nSPS) is 14.3. The van der Waals surface area contributed by atoms with Crippen molar-refractivity contribution in [1.29, 1.82) is 0 Å². The van der Waals surface area contributed by atoms with Gasteiger partial charge in [0.05, 0.1) is 11.3 Å². The number of ketones is 1. The molecule has 4 nitrogen and oxygen atoms in total. The van der Waals surface area contributed by atoms with Gasteiger partial charge in [0.25, 0.3) is 11.7 Å². The summed E-state index contributed by atoms with van der Waals surface area (Å²) in [5.41, 5.74) is 3.17. The molecular weight excluding hydrogens is 230 g/mol. The van der Waals surface area contributed by atoms with Crippen molar-refractivity contribution in [2.24, 2.45) is 0 Å². The Morgan fingerprint density at radius 3 is 2.50 bits per heavy atom. The second-order valence-corrected chi connectivity index (χ2v) is 4.56. The Bertz CT molecular complexity index is 508. The Kier molecular flexibility index (Phi) is 3.48. The van der Waals surface area contributed by atoms with Gasteiger partial charge in [0.1, 0.15) is 0 Å². The molecule has 0 aliphatic carbocycles. The molecule has 0 unspecified atom stereocenters. The molecule has 1 aliphatic rings. The molecule has 0 spiro atoms. The van der Waals surface area contributed by atoms with E-state index in [4.69, 9.17) is 4.74 Å². The van der Waals surface area contributed by atoms with Crippen LogP contribution in [0, 0.1) is 13.8 Å². The molecule has 96 valence electrons. The Hall–Kier alpha value is -1.68. The molecule has 0 atom stereocenters. The number of fused-ring (bicyclic) bond motifs is 1. The highest BCUT2D eigenvalue weighted by molar-refractivity contribution is 6.52. The Labute approximate surface area is 107 Å². The second kappa shape index (κ2) is 4.90. The molecular formula is C14H17NO3. The van der Waals surface area contributed by atoms with Gasteiger partial charge in [-0.25, -0.2) is 0 Å². The second-order valence-electron chi connectivity index (χ2n) is 4.56. The summed E-state index contributed by atoms with van der Waals surface area (Å²) in [4.78, 5) is 25.6. The lowest BCUT2D eigenvalue weighted by Gasteiger charge is -2.18. The maximum Gasteiger partial charge on any atom is 0.299 e. The van der Waals surface area contributed by atoms with Gasteiger partial charge in [0, 0.05) is 20.3 Å². The first-order valence-electron chi connectivity index (χ1n) is 6.03. The van der Waals surface area contributed by atoms with E-state index in [1.165, 1.54) is 0 Å². The van der Waals surface area contributed by atoms with E-state index in [1.807, 2.05) is 26.0 Å². The zero-order valence-electron chi connectivity index (χ0n) is 10.9. The van der Waals surface area contributed by atoms with Crippen molar-refractivity contribution in [3.8, 4) is 0 Å². The summed E-state index contributed by atoms with van der Waals surface area (Å²) in [5.74, 6) is -0.804. The molecule has 2 rings (SSSR count). The zero-order valence-corrected chi connectivity index (χ0v) is 10.9. The minimum atomic E-state index is -0.418. The van der Waals surface area contributed by atoms with Crippen LogP contribution in [0.5, 0.6) is 0 Å². The van der Waals surface area contributed by atoms with Gasteiger partial charge < -0.3 is 9.64 Å². The third-order valence-corrected chi connectivity index (χ3v) is 3.25. The largest absolute Gasteiger partial charge is 0.385 e. The topological polar surface area (TPSA) is 46.6 Å². The van der Waals surface area contributed by atoms with Gasteiger partial charge in [-0.15, -0.1) is 0 Å². The minimum absolute atomic E-state index is 0.386. The fraction of sp³-hybridized carbons (Fsp3) is 0.429. The third kappa shape index (κ3) is 1.93. The highest BCUT2D eigenvalue weighted by Crippen LogP contribution is 2.34. The molecule has 0 N–H and O–H groups in total. The van der Waals surface area contributed by atoms with Crippen LogP contribution in [-0.2, 0) is 9.53 Å². The monoisotopic (exact) mass is 247 g/mol. The molecule has 0 aromatic heterocycles. The first-order chi connectivity index (χ1) is 8.57. The molecule has 0 saturated heterocycles. The number of amides is 1. The average Bonchev–Trinajstić information content (AvgIpc) is 2.60. The number of Topliss-reactive ketones (excluding diaryl/α,β-unsaturated/α-hetero) is 1. The number of nitrogens with zero attached hydrogens (tertiary/aromatic N) is 1. The van der Waals surface area contributed by atoms with Gasteiger partial charge in [-0.1, -0.05) is 12.1 Å². The van der Waals surface area contributed by atoms with E-state index in [1.54, 1.807) is 12.0 Å². The van der Waals surface area contributed by atoms with Crippen molar-refractivity contribution < 1.29 is 14.3 Å². The molecule has 1 aromatic rings. The van der Waals surface area contributed by atoms with E-state index in [-0.39, 0.29) is 5.78 Å². The predicted molar refractivity (Wildman–Crippen MR) is 69.1 cm³/mol. The van der Waals surface area contributed by atoms with Crippen LogP contribution in [0.3, 0.4) is 0 Å². The van der Waals surface area contributed by atoms with Crippen LogP contribution in [0.25, 0.3) is 0 Å². The van der Waals surface area contributed by atoms with Crippen molar-refractivity contribution in [2.75, 3.05) is 25.2 Å². The molecule has 4 heteroatoms. The summed E-state index contributed by atoms with van der Waals surface area (Å²) in [6.07, 6.45) is 0.725. The molecule has 0 bridgehead atoms. The zero-order chi connectivity index (χ0) is 13.3. The Morgan fingerprint density at radius 1 is 1.17 bits per heavy atom. The van der Waals surface area contributed by atoms with E-state index in [0.717, 1.165) is 23.2 Å². The summed E-state index contributed by atoms with van der Waals surface area (Å²) >= 11 is 0. The number of carbonyl (C=O) groups is 2. The van der Waals surface area contributed by atoms with Crippen molar-refractivity contribution in [3.63, 3.8) is 0 Å². The number of hydrogen-bond acceptors (Lipinski definition) is 3. The van der Waals surface area contributed by atoms with Crippen LogP contribution in [-0.4, -0.2) is 32.0 Å². The molecule has 1 aromatic carbocycles. The van der Waals surface area contributed by atoms with Crippen LogP contribution in [0.1, 0.15) is 27.9 Å². The molecule has 18 heavy (non-hydrogen) atoms. The average molecular weight is 247 g/mol. The van der Waals surface area contributed by atoms with Gasteiger partial charge in [0.2, 0.25) is 0 Å². The van der Waals surface area contributed by atoms with E-state index in [0.29, 0.717) is 18.7 Å². The molecule has 1 amide bonds. The Morgan fingerprint density at radius 2 is 1.83 bits per heavy atom. The first kappa shape index (κ1) is 12.8. The van der Waals surface area contributed by atoms with Crippen LogP contribution < -0.4 is 4.90 Å². The van der Waals surface area contributed by atoms with E-state index in [2.05, 4.69) is 0 Å². The van der Waals surface area contributed by atoms with E-state index < -0.39 is 5.91 Å². The van der Waals surface area contributed by atoms with E-state index in [9.17, 15) is 9.59 Å². The van der Waals surface area contributed by atoms with E-state index >= 15 is 0 Å². The number of carbonyl (C=O) groups excluding carboxylic acids is 2. The highest BCUT2D eigenvalue weighted by atomic mass is 16.5. The summed E-state index contributed by atoms with van der Waals surface area (Å²) in [6.45, 7) is 4.89. The van der Waals surface area contributed by atoms with Gasteiger partial charge in [-0.2, -0.15) is 0 Å². The SMILES string of the molecule is COCCCN1C(=O)C(=O)c2c(C)ccc(C)c21. The smallest absolute Gasteiger partial charge is 0.299 e. The van der Waals surface area contributed by atoms with Gasteiger partial charge >= 0.3 is 0 Å². The van der Waals surface area contributed by atoms with Gasteiger partial charge in [0.15, 0.2) is 0 Å². The molecule has 0 saturated carbocycles. The number of rotatable bonds is 4. The molecule has 0 fully saturated rings. The predicted octanol–water partition coefficient (Wildman–Crippen LogP) is 1.87. The lowest BCUT2D eigenvalue weighted by molar-refractivity contribution is -0.114. The Balaban J connectivity index is 2.39. The summed E-state index contributed by atoms with van der Waals surface area (Å²) < 4.78 is 4.98. The maximum absolute atomic E-state index is 12.0. The lowest BCUT2D eigenvalue weighted by Crippen LogP contribution is -2.31. The van der Waals surface area contributed by atoms with Crippen molar-refractivity contribution in [1.82, 2.24) is 0 Å². The summed E-state index contributed by atoms with van der Waals surface area (Å²) in [7, 11) is 1.63. The van der Waals surface area contributed by atoms with Crippen LogP contribution in [0.4, 0.5) is 5.69 Å². The number of methoxy groups -OCH3 is 1. The summed E-state index contributed by atoms with van der Waals surface area (Å²) in [5, 5.41) is 0. The fourth-order valence-electron chi connectivity index (χ4n) is 2.34. The first-order valence-corrected chi connectivity index (χ1v) is 6.03. The number of anilines is 1. The maximum atomic E-state index is 12.0. The van der Waals surface area contributed by atoms with Gasteiger partial charge in [-0.3, -0.25) is 9.59 Å². The standard InChI is InChI=1S/C14H17NO3/c1-9-5-6-10(2)12-11(9)13(16)14(17)15(12)7-4-8-18-3/h5-6H,4,7-8H2,1-3H3. The van der Waals surface area contributed by atoms with Crippen LogP contribution >= 0.6 is 0 Å². The van der Waals surface area contributed by atoms with Crippen molar-refractivity contribution >= 4 is 17.4 Å². The fourth-order valence-corrected chi connectivity index (χ4v) is 2.34. The van der Waals surface area contributed by atoms with Gasteiger partial charge in [-0.05, 0) is 31.4 Å². The quantitative estimate of drug-likeness (QED) is 0.602. The lowest BCUT2D eigenvalue weighted by atomic mass is 10.0. The van der Waals surface area contributed by atoms with Crippen molar-refractivity contribution in [2.45, 2.75) is 20.3 Å². The number of aryl methyl sites for hydroxylation is 2. The number of ether oxygens (including phenoxy) is 1. The molecule has 1 heterocycles. The molecule has 1 aliphatic heterocycles. The minimum Gasteiger partial charge on any atom is -0.385 e. The number of hydrogen-bond donors (Lipinski definition) is 0. The third-order valence-electron chi connectivity index (χ3n) is 3.25. The molecule has 0 radical (unpaired) electrons. The summed E-state index contributed by atoms with van der Waals surface area (Å²) in [6, 6.07) is 3.83. The highest BCUT2D eigenvalue weighted by Gasteiger charge is 2.37. The number of benzene rings is 1. The van der Waals surface area contributed by atoms with Crippen LogP contribution in [0.2, 0.25) is 0 Å². The van der Waals surface area contributed by atoms with Crippen LogP contribution in [0.15, 0.2) is 12.1 Å².